The summed E-state index contributed by atoms with van der Waals surface area (Å²) in [6.07, 6.45) is -0.369. The molecule has 1 aliphatic rings. The Hall–Kier alpha value is -1.61. The summed E-state index contributed by atoms with van der Waals surface area (Å²) in [6.45, 7) is -0.454. The minimum atomic E-state index is -3.25. The number of urea groups is 1. The van der Waals surface area contributed by atoms with Crippen LogP contribution in [0, 0.1) is 0 Å². The highest BCUT2D eigenvalue weighted by Crippen LogP contribution is 2.07. The number of aliphatic hydroxyl groups excluding tert-OH is 1. The van der Waals surface area contributed by atoms with Gasteiger partial charge in [-0.1, -0.05) is 0 Å². The Labute approximate surface area is 97.2 Å². The molecule has 17 heavy (non-hydrogen) atoms. The Morgan fingerprint density at radius 1 is 1.47 bits per heavy atom. The summed E-state index contributed by atoms with van der Waals surface area (Å²) in [5, 5.41) is 22.6. The molecule has 0 spiro atoms. The molecular formula is C8H12N2O6S. The number of hydrogen-bond donors (Lipinski definition) is 4. The van der Waals surface area contributed by atoms with E-state index in [1.54, 1.807) is 0 Å². The van der Waals surface area contributed by atoms with Crippen LogP contribution in [0.4, 0.5) is 4.79 Å². The van der Waals surface area contributed by atoms with Gasteiger partial charge in [-0.3, -0.25) is 0 Å². The van der Waals surface area contributed by atoms with Crippen molar-refractivity contribution >= 4 is 21.8 Å². The second-order valence-corrected chi connectivity index (χ2v) is 5.40. The molecule has 0 saturated carbocycles. The van der Waals surface area contributed by atoms with Crippen LogP contribution in [-0.2, 0) is 14.6 Å². The van der Waals surface area contributed by atoms with Crippen LogP contribution in [0.25, 0.3) is 0 Å². The van der Waals surface area contributed by atoms with Gasteiger partial charge in [-0.05, 0) is 6.08 Å². The molecule has 0 fully saturated rings. The maximum atomic E-state index is 11.2. The fourth-order valence-corrected chi connectivity index (χ4v) is 2.40. The van der Waals surface area contributed by atoms with Crippen molar-refractivity contribution < 1.29 is 28.2 Å². The largest absolute Gasteiger partial charge is 0.479 e. The van der Waals surface area contributed by atoms with Crippen molar-refractivity contribution in [1.29, 1.82) is 0 Å². The number of sulfone groups is 1. The summed E-state index contributed by atoms with van der Waals surface area (Å²) in [4.78, 5) is 21.4. The molecule has 0 aromatic carbocycles. The zero-order valence-corrected chi connectivity index (χ0v) is 9.48. The monoisotopic (exact) mass is 264 g/mol. The summed E-state index contributed by atoms with van der Waals surface area (Å²) >= 11 is 0. The third-order valence-electron chi connectivity index (χ3n) is 1.99. The van der Waals surface area contributed by atoms with Crippen molar-refractivity contribution in [3.8, 4) is 0 Å². The molecule has 96 valence electrons. The van der Waals surface area contributed by atoms with Crippen LogP contribution in [0.5, 0.6) is 0 Å². The highest BCUT2D eigenvalue weighted by Gasteiger charge is 2.23. The van der Waals surface area contributed by atoms with E-state index in [9.17, 15) is 18.0 Å². The van der Waals surface area contributed by atoms with Crippen LogP contribution in [0.3, 0.4) is 0 Å². The SMILES string of the molecule is O=C(NCC(O)C(=O)O)NC1C=CS(=O)(=O)C1. The van der Waals surface area contributed by atoms with E-state index in [2.05, 4.69) is 10.6 Å². The lowest BCUT2D eigenvalue weighted by molar-refractivity contribution is -0.146. The van der Waals surface area contributed by atoms with Gasteiger partial charge in [0.2, 0.25) is 0 Å². The summed E-state index contributed by atoms with van der Waals surface area (Å²) in [7, 11) is -3.25. The first kappa shape index (κ1) is 13.5. The Morgan fingerprint density at radius 2 is 2.12 bits per heavy atom. The molecule has 2 amide bonds. The van der Waals surface area contributed by atoms with Gasteiger partial charge in [-0.15, -0.1) is 0 Å². The van der Waals surface area contributed by atoms with E-state index in [0.717, 1.165) is 5.41 Å². The van der Waals surface area contributed by atoms with Gasteiger partial charge in [0, 0.05) is 5.41 Å². The number of rotatable bonds is 4. The van der Waals surface area contributed by atoms with Gasteiger partial charge < -0.3 is 20.8 Å². The van der Waals surface area contributed by atoms with Gasteiger partial charge in [-0.2, -0.15) is 0 Å². The average Bonchev–Trinajstić information content (AvgIpc) is 2.54. The van der Waals surface area contributed by atoms with Crippen molar-refractivity contribution in [3.05, 3.63) is 11.5 Å². The van der Waals surface area contributed by atoms with E-state index in [0.29, 0.717) is 0 Å². The van der Waals surface area contributed by atoms with Crippen molar-refractivity contribution in [2.75, 3.05) is 12.3 Å². The number of hydrogen-bond acceptors (Lipinski definition) is 5. The van der Waals surface area contributed by atoms with Gasteiger partial charge in [0.05, 0.1) is 18.3 Å². The molecule has 0 aromatic heterocycles. The zero-order chi connectivity index (χ0) is 13.1. The predicted octanol–water partition coefficient (Wildman–Crippen LogP) is -1.96. The van der Waals surface area contributed by atoms with Gasteiger partial charge in [0.15, 0.2) is 15.9 Å². The number of aliphatic carboxylic acids is 1. The summed E-state index contributed by atoms with van der Waals surface area (Å²) in [5.74, 6) is -1.67. The number of nitrogens with one attached hydrogen (secondary N) is 2. The van der Waals surface area contributed by atoms with E-state index >= 15 is 0 Å². The molecule has 1 rings (SSSR count). The zero-order valence-electron chi connectivity index (χ0n) is 8.66. The minimum absolute atomic E-state index is 0.220. The molecule has 9 heteroatoms. The van der Waals surface area contributed by atoms with Crippen LogP contribution in [0.1, 0.15) is 0 Å². The van der Waals surface area contributed by atoms with Crippen molar-refractivity contribution in [2.45, 2.75) is 12.1 Å². The molecule has 1 aliphatic heterocycles. The van der Waals surface area contributed by atoms with Crippen LogP contribution >= 0.6 is 0 Å². The molecule has 0 radical (unpaired) electrons. The van der Waals surface area contributed by atoms with E-state index in [1.165, 1.54) is 6.08 Å². The van der Waals surface area contributed by atoms with Crippen molar-refractivity contribution in [3.63, 3.8) is 0 Å². The van der Waals surface area contributed by atoms with Crippen LogP contribution in [0.15, 0.2) is 11.5 Å². The lowest BCUT2D eigenvalue weighted by Crippen LogP contribution is -2.46. The third kappa shape index (κ3) is 4.41. The molecule has 0 saturated heterocycles. The predicted molar refractivity (Wildman–Crippen MR) is 56.9 cm³/mol. The average molecular weight is 264 g/mol. The third-order valence-corrected chi connectivity index (χ3v) is 3.38. The Kier molecular flexibility index (Phi) is 4.07. The molecule has 4 N–H and O–H groups in total. The maximum absolute atomic E-state index is 11.2. The number of carbonyl (C=O) groups excluding carboxylic acids is 1. The maximum Gasteiger partial charge on any atom is 0.334 e. The molecule has 2 atom stereocenters. The number of carboxylic acid groups (broad SMARTS) is 1. The second-order valence-electron chi connectivity index (χ2n) is 3.47. The fourth-order valence-electron chi connectivity index (χ4n) is 1.16. The van der Waals surface area contributed by atoms with Gasteiger partial charge >= 0.3 is 12.0 Å². The Balaban J connectivity index is 2.32. The Bertz CT molecular complexity index is 443. The molecule has 0 aromatic rings. The van der Waals surface area contributed by atoms with Gasteiger partial charge in [0.1, 0.15) is 0 Å². The lowest BCUT2D eigenvalue weighted by atomic mass is 10.3. The van der Waals surface area contributed by atoms with E-state index < -0.39 is 40.5 Å². The molecule has 2 unspecified atom stereocenters. The molecular weight excluding hydrogens is 252 g/mol. The van der Waals surface area contributed by atoms with Crippen LogP contribution in [0.2, 0.25) is 0 Å². The quantitative estimate of drug-likeness (QED) is 0.466. The van der Waals surface area contributed by atoms with E-state index in [-0.39, 0.29) is 5.75 Å². The standard InChI is InChI=1S/C8H12N2O6S/c11-6(7(12)13)3-9-8(14)10-5-1-2-17(15,16)4-5/h1-2,5-6,11H,3-4H2,(H,12,13)(H2,9,10,14). The van der Waals surface area contributed by atoms with Crippen LogP contribution in [-0.4, -0.2) is 55.1 Å². The lowest BCUT2D eigenvalue weighted by Gasteiger charge is -2.12. The first-order chi connectivity index (χ1) is 7.80. The first-order valence-corrected chi connectivity index (χ1v) is 6.38. The number of carbonyl (C=O) groups is 2. The highest BCUT2D eigenvalue weighted by atomic mass is 32.2. The summed E-state index contributed by atoms with van der Waals surface area (Å²) in [6, 6.07) is -1.38. The number of aliphatic hydroxyl groups is 1. The molecule has 1 heterocycles. The minimum Gasteiger partial charge on any atom is -0.479 e. The Morgan fingerprint density at radius 3 is 2.59 bits per heavy atom. The van der Waals surface area contributed by atoms with Crippen LogP contribution < -0.4 is 10.6 Å². The van der Waals surface area contributed by atoms with Gasteiger partial charge in [0.25, 0.3) is 0 Å². The van der Waals surface area contributed by atoms with Gasteiger partial charge in [-0.25, -0.2) is 18.0 Å². The highest BCUT2D eigenvalue weighted by molar-refractivity contribution is 7.94. The molecule has 0 aliphatic carbocycles. The molecule has 0 bridgehead atoms. The smallest absolute Gasteiger partial charge is 0.334 e. The van der Waals surface area contributed by atoms with E-state index in [1.807, 2.05) is 0 Å². The topological polar surface area (TPSA) is 133 Å². The van der Waals surface area contributed by atoms with Crippen molar-refractivity contribution in [2.24, 2.45) is 0 Å². The fraction of sp³-hybridized carbons (Fsp3) is 0.500. The molecule has 8 nitrogen and oxygen atoms in total. The normalized spacial score (nSPS) is 23.0. The number of carboxylic acids is 1. The summed E-state index contributed by atoms with van der Waals surface area (Å²) < 4.78 is 22.0. The second kappa shape index (κ2) is 5.15. The number of amides is 2. The van der Waals surface area contributed by atoms with Crippen molar-refractivity contribution in [1.82, 2.24) is 10.6 Å². The summed E-state index contributed by atoms with van der Waals surface area (Å²) in [5.41, 5.74) is 0. The van der Waals surface area contributed by atoms with E-state index in [4.69, 9.17) is 10.2 Å². The first-order valence-electron chi connectivity index (χ1n) is 4.66.